The molecule has 7 heteroatoms. The molecule has 1 N–H and O–H groups in total. The van der Waals surface area contributed by atoms with Crippen molar-refractivity contribution in [2.75, 3.05) is 11.9 Å². The molecule has 160 valence electrons. The van der Waals surface area contributed by atoms with Crippen molar-refractivity contribution in [3.63, 3.8) is 0 Å². The number of nitrogens with one attached hydrogen (secondary N) is 1. The van der Waals surface area contributed by atoms with Gasteiger partial charge in [0.05, 0.1) is 29.1 Å². The number of thiophene rings is 1. The van der Waals surface area contributed by atoms with Gasteiger partial charge in [-0.1, -0.05) is 24.3 Å². The quantitative estimate of drug-likeness (QED) is 0.290. The van der Waals surface area contributed by atoms with Crippen LogP contribution >= 0.6 is 11.3 Å². The Labute approximate surface area is 189 Å². The number of hydrogen-bond acceptors (Lipinski definition) is 6. The van der Waals surface area contributed by atoms with E-state index in [2.05, 4.69) is 35.4 Å². The van der Waals surface area contributed by atoms with Crippen LogP contribution in [0, 0.1) is 12.7 Å². The van der Waals surface area contributed by atoms with E-state index in [0.29, 0.717) is 5.82 Å². The Morgan fingerprint density at radius 1 is 1.03 bits per heavy atom. The molecule has 0 spiro atoms. The van der Waals surface area contributed by atoms with Gasteiger partial charge in [-0.2, -0.15) is 0 Å². The van der Waals surface area contributed by atoms with Crippen molar-refractivity contribution >= 4 is 27.4 Å². The molecule has 0 atom stereocenters. The van der Waals surface area contributed by atoms with Crippen LogP contribution in [-0.2, 0) is 6.42 Å². The largest absolute Gasteiger partial charge is 0.472 e. The van der Waals surface area contributed by atoms with E-state index in [1.54, 1.807) is 29.9 Å². The highest BCUT2D eigenvalue weighted by Gasteiger charge is 2.12. The summed E-state index contributed by atoms with van der Waals surface area (Å²) in [5, 5.41) is 4.55. The second-order valence-corrected chi connectivity index (χ2v) is 8.81. The number of furan rings is 1. The summed E-state index contributed by atoms with van der Waals surface area (Å²) in [6.45, 7) is 2.88. The Hall–Kier alpha value is -3.58. The van der Waals surface area contributed by atoms with Crippen LogP contribution in [-0.4, -0.2) is 21.5 Å². The molecule has 5 nitrogen and oxygen atoms in total. The molecule has 32 heavy (non-hydrogen) atoms. The molecular weight excluding hydrogens is 423 g/mol. The molecule has 0 radical (unpaired) electrons. The van der Waals surface area contributed by atoms with Crippen LogP contribution in [0.1, 0.15) is 16.9 Å². The van der Waals surface area contributed by atoms with Crippen LogP contribution in [0.2, 0.25) is 0 Å². The van der Waals surface area contributed by atoms with Gasteiger partial charge in [0.2, 0.25) is 0 Å². The molecule has 0 saturated carbocycles. The van der Waals surface area contributed by atoms with Crippen molar-refractivity contribution in [2.24, 2.45) is 0 Å². The predicted molar refractivity (Wildman–Crippen MR) is 126 cm³/mol. The van der Waals surface area contributed by atoms with Crippen molar-refractivity contribution in [2.45, 2.75) is 19.8 Å². The van der Waals surface area contributed by atoms with Crippen LogP contribution in [0.15, 0.2) is 71.7 Å². The fourth-order valence-electron chi connectivity index (χ4n) is 3.59. The molecular formula is C25H21FN4OS. The fraction of sp³-hybridized carbons (Fsp3) is 0.160. The molecule has 0 fully saturated rings. The summed E-state index contributed by atoms with van der Waals surface area (Å²) in [7, 11) is 0. The average Bonchev–Trinajstić information content (AvgIpc) is 3.47. The maximum atomic E-state index is 13.1. The molecule has 0 aliphatic rings. The molecule has 0 aliphatic heterocycles. The molecule has 0 bridgehead atoms. The molecule has 4 heterocycles. The SMILES string of the molecule is Cc1cc2c(NCCCc3ccc(-c4ccc(F)cn4)cc3)nc(-c3ccoc3)nc2s1. The Morgan fingerprint density at radius 3 is 2.66 bits per heavy atom. The van der Waals surface area contributed by atoms with Gasteiger partial charge in [0, 0.05) is 17.0 Å². The number of halogens is 1. The van der Waals surface area contributed by atoms with Gasteiger partial charge in [-0.05, 0) is 49.6 Å². The van der Waals surface area contributed by atoms with Gasteiger partial charge in [-0.15, -0.1) is 11.3 Å². The van der Waals surface area contributed by atoms with Crippen LogP contribution < -0.4 is 5.32 Å². The van der Waals surface area contributed by atoms with E-state index in [1.807, 2.05) is 18.2 Å². The van der Waals surface area contributed by atoms with Crippen molar-refractivity contribution < 1.29 is 8.81 Å². The lowest BCUT2D eigenvalue weighted by Gasteiger charge is -2.09. The van der Waals surface area contributed by atoms with Gasteiger partial charge in [0.15, 0.2) is 5.82 Å². The smallest absolute Gasteiger partial charge is 0.166 e. The topological polar surface area (TPSA) is 63.8 Å². The number of benzene rings is 1. The van der Waals surface area contributed by atoms with Gasteiger partial charge in [-0.3, -0.25) is 4.98 Å². The van der Waals surface area contributed by atoms with Crippen LogP contribution in [0.4, 0.5) is 10.2 Å². The minimum absolute atomic E-state index is 0.326. The highest BCUT2D eigenvalue weighted by Crippen LogP contribution is 2.31. The summed E-state index contributed by atoms with van der Waals surface area (Å²) in [4.78, 5) is 15.8. The van der Waals surface area contributed by atoms with Gasteiger partial charge in [0.1, 0.15) is 22.7 Å². The number of rotatable bonds is 7. The molecule has 5 rings (SSSR count). The molecule has 0 unspecified atom stereocenters. The number of anilines is 1. The number of aromatic nitrogens is 3. The van der Waals surface area contributed by atoms with Crippen LogP contribution in [0.25, 0.3) is 32.9 Å². The molecule has 1 aromatic carbocycles. The Kier molecular flexibility index (Phi) is 5.64. The van der Waals surface area contributed by atoms with E-state index in [9.17, 15) is 4.39 Å². The number of fused-ring (bicyclic) bond motifs is 1. The molecule has 4 aromatic heterocycles. The van der Waals surface area contributed by atoms with Gasteiger partial charge in [0.25, 0.3) is 0 Å². The zero-order valence-corrected chi connectivity index (χ0v) is 18.3. The second-order valence-electron chi connectivity index (χ2n) is 7.57. The lowest BCUT2D eigenvalue weighted by atomic mass is 10.1. The standard InChI is InChI=1S/C25H21FN4OS/c1-16-13-21-24(29-23(30-25(21)32-16)19-10-12-31-15-19)27-11-2-3-17-4-6-18(7-5-17)22-9-8-20(26)14-28-22/h4-10,12-15H,2-3,11H2,1H3,(H,27,29,30). The van der Waals surface area contributed by atoms with Crippen molar-refractivity contribution in [3.8, 4) is 22.6 Å². The first-order valence-electron chi connectivity index (χ1n) is 10.4. The maximum absolute atomic E-state index is 13.1. The molecule has 0 amide bonds. The third-order valence-corrected chi connectivity index (χ3v) is 6.15. The normalized spacial score (nSPS) is 11.2. The first-order chi connectivity index (χ1) is 15.7. The van der Waals surface area contributed by atoms with Crippen LogP contribution in [0.5, 0.6) is 0 Å². The third kappa shape index (κ3) is 4.38. The summed E-state index contributed by atoms with van der Waals surface area (Å²) in [6, 6.07) is 15.4. The van der Waals surface area contributed by atoms with E-state index in [1.165, 1.54) is 22.7 Å². The minimum atomic E-state index is -0.326. The Morgan fingerprint density at radius 2 is 1.91 bits per heavy atom. The lowest BCUT2D eigenvalue weighted by molar-refractivity contribution is 0.568. The number of hydrogen-bond donors (Lipinski definition) is 1. The first-order valence-corrected chi connectivity index (χ1v) is 11.2. The first kappa shape index (κ1) is 20.3. The van der Waals surface area contributed by atoms with Gasteiger partial charge >= 0.3 is 0 Å². The van der Waals surface area contributed by atoms with E-state index < -0.39 is 0 Å². The molecule has 0 saturated heterocycles. The Bertz CT molecular complexity index is 1330. The van der Waals surface area contributed by atoms with E-state index in [4.69, 9.17) is 14.4 Å². The summed E-state index contributed by atoms with van der Waals surface area (Å²) in [5.41, 5.74) is 3.87. The zero-order valence-electron chi connectivity index (χ0n) is 17.5. The monoisotopic (exact) mass is 444 g/mol. The molecule has 5 aromatic rings. The lowest BCUT2D eigenvalue weighted by Crippen LogP contribution is -2.06. The average molecular weight is 445 g/mol. The molecule has 0 aliphatic carbocycles. The van der Waals surface area contributed by atoms with E-state index in [0.717, 1.165) is 52.2 Å². The minimum Gasteiger partial charge on any atom is -0.472 e. The number of pyridine rings is 1. The number of aryl methyl sites for hydroxylation is 2. The maximum Gasteiger partial charge on any atom is 0.166 e. The summed E-state index contributed by atoms with van der Waals surface area (Å²) >= 11 is 1.67. The van der Waals surface area contributed by atoms with Gasteiger partial charge < -0.3 is 9.73 Å². The Balaban J connectivity index is 1.24. The van der Waals surface area contributed by atoms with Crippen LogP contribution in [0.3, 0.4) is 0 Å². The number of nitrogens with zero attached hydrogens (tertiary/aromatic N) is 3. The summed E-state index contributed by atoms with van der Waals surface area (Å²) in [5.74, 6) is 1.20. The highest BCUT2D eigenvalue weighted by atomic mass is 32.1. The summed E-state index contributed by atoms with van der Waals surface area (Å²) in [6.07, 6.45) is 6.44. The predicted octanol–water partition coefficient (Wildman–Crippen LogP) is 6.51. The zero-order chi connectivity index (χ0) is 21.9. The van der Waals surface area contributed by atoms with Crippen molar-refractivity contribution in [1.29, 1.82) is 0 Å². The van der Waals surface area contributed by atoms with Crippen molar-refractivity contribution in [1.82, 2.24) is 15.0 Å². The fourth-order valence-corrected chi connectivity index (χ4v) is 4.46. The highest BCUT2D eigenvalue weighted by molar-refractivity contribution is 7.18. The summed E-state index contributed by atoms with van der Waals surface area (Å²) < 4.78 is 18.3. The van der Waals surface area contributed by atoms with Crippen molar-refractivity contribution in [3.05, 3.63) is 83.5 Å². The second kappa shape index (κ2) is 8.88. The van der Waals surface area contributed by atoms with Gasteiger partial charge in [-0.25, -0.2) is 14.4 Å². The van der Waals surface area contributed by atoms with E-state index in [-0.39, 0.29) is 5.82 Å². The van der Waals surface area contributed by atoms with E-state index >= 15 is 0 Å². The third-order valence-electron chi connectivity index (χ3n) is 5.21.